The summed E-state index contributed by atoms with van der Waals surface area (Å²) in [7, 11) is 1.78. The molecule has 1 aromatic carbocycles. The number of methoxy groups -OCH3 is 1. The van der Waals surface area contributed by atoms with Crippen molar-refractivity contribution in [2.24, 2.45) is 5.92 Å². The average Bonchev–Trinajstić information content (AvgIpc) is 3.26. The largest absolute Gasteiger partial charge is 0.508 e. The van der Waals surface area contributed by atoms with E-state index in [0.717, 1.165) is 18.8 Å². The Labute approximate surface area is 129 Å². The minimum absolute atomic E-state index is 0.132. The van der Waals surface area contributed by atoms with Crippen molar-refractivity contribution >= 4 is 11.0 Å². The van der Waals surface area contributed by atoms with Crippen molar-refractivity contribution in [2.45, 2.75) is 44.6 Å². The quantitative estimate of drug-likeness (QED) is 0.771. The summed E-state index contributed by atoms with van der Waals surface area (Å²) in [5, 5.41) is 9.42. The molecule has 0 amide bonds. The molecular formula is C17H22N2O3. The lowest BCUT2D eigenvalue weighted by Gasteiger charge is -2.04. The molecule has 22 heavy (non-hydrogen) atoms. The van der Waals surface area contributed by atoms with Crippen LogP contribution in [0.1, 0.15) is 37.8 Å². The Kier molecular flexibility index (Phi) is 4.43. The number of nitrogens with zero attached hydrogens (tertiary/aromatic N) is 1. The monoisotopic (exact) mass is 302 g/mol. The molecule has 0 radical (unpaired) electrons. The fraction of sp³-hybridized carbons (Fsp3) is 0.529. The molecule has 1 saturated carbocycles. The lowest BCUT2D eigenvalue weighted by molar-refractivity contribution is 0.167. The van der Waals surface area contributed by atoms with Gasteiger partial charge in [0.1, 0.15) is 11.4 Å². The molecule has 118 valence electrons. The molecule has 2 N–H and O–H groups in total. The first kappa shape index (κ1) is 15.0. The van der Waals surface area contributed by atoms with E-state index in [1.807, 2.05) is 0 Å². The van der Waals surface area contributed by atoms with Gasteiger partial charge in [-0.05, 0) is 43.7 Å². The number of H-pyrrole nitrogens is 1. The smallest absolute Gasteiger partial charge is 0.270 e. The molecule has 0 unspecified atom stereocenters. The van der Waals surface area contributed by atoms with E-state index < -0.39 is 0 Å². The highest BCUT2D eigenvalue weighted by Gasteiger charge is 2.36. The lowest BCUT2D eigenvalue weighted by Crippen LogP contribution is -2.15. The van der Waals surface area contributed by atoms with Crippen LogP contribution in [0.5, 0.6) is 5.75 Å². The molecule has 5 nitrogen and oxygen atoms in total. The van der Waals surface area contributed by atoms with Crippen LogP contribution < -0.4 is 5.56 Å². The molecule has 2 aromatic rings. The van der Waals surface area contributed by atoms with E-state index in [1.165, 1.54) is 25.3 Å². The van der Waals surface area contributed by atoms with E-state index in [2.05, 4.69) is 9.97 Å². The molecule has 0 bridgehead atoms. The molecule has 0 aliphatic heterocycles. The summed E-state index contributed by atoms with van der Waals surface area (Å²) in [5.41, 5.74) is 1.72. The summed E-state index contributed by atoms with van der Waals surface area (Å²) in [4.78, 5) is 19.2. The maximum absolute atomic E-state index is 12.0. The maximum Gasteiger partial charge on any atom is 0.270 e. The van der Waals surface area contributed by atoms with Gasteiger partial charge in [0.25, 0.3) is 5.56 Å². The van der Waals surface area contributed by atoms with Gasteiger partial charge in [-0.1, -0.05) is 12.8 Å². The number of phenols is 1. The van der Waals surface area contributed by atoms with E-state index >= 15 is 0 Å². The van der Waals surface area contributed by atoms with Gasteiger partial charge in [0.2, 0.25) is 0 Å². The lowest BCUT2D eigenvalue weighted by atomic mass is 10.1. The van der Waals surface area contributed by atoms with Crippen molar-refractivity contribution in [3.63, 3.8) is 0 Å². The van der Waals surface area contributed by atoms with Crippen LogP contribution in [0.25, 0.3) is 11.0 Å². The third-order valence-corrected chi connectivity index (χ3v) is 4.39. The van der Waals surface area contributed by atoms with Crippen LogP contribution in [-0.2, 0) is 11.2 Å². The Bertz CT molecular complexity index is 711. The van der Waals surface area contributed by atoms with Crippen LogP contribution in [0.15, 0.2) is 23.0 Å². The van der Waals surface area contributed by atoms with Crippen molar-refractivity contribution in [2.75, 3.05) is 7.11 Å². The predicted octanol–water partition coefficient (Wildman–Crippen LogP) is 2.77. The predicted molar refractivity (Wildman–Crippen MR) is 85.1 cm³/mol. The van der Waals surface area contributed by atoms with Gasteiger partial charge in [0.05, 0.1) is 17.1 Å². The third kappa shape index (κ3) is 3.47. The van der Waals surface area contributed by atoms with E-state index in [1.54, 1.807) is 19.2 Å². The second-order valence-corrected chi connectivity index (χ2v) is 6.08. The number of hydrogen-bond donors (Lipinski definition) is 2. The number of aromatic amines is 1. The molecule has 1 fully saturated rings. The molecule has 1 aromatic heterocycles. The average molecular weight is 302 g/mol. The van der Waals surface area contributed by atoms with Gasteiger partial charge in [-0.2, -0.15) is 0 Å². The normalized spacial score (nSPS) is 20.4. The van der Waals surface area contributed by atoms with Gasteiger partial charge >= 0.3 is 0 Å². The topological polar surface area (TPSA) is 75.2 Å². The number of unbranched alkanes of at least 4 members (excludes halogenated alkanes) is 2. The molecule has 1 aliphatic carbocycles. The summed E-state index contributed by atoms with van der Waals surface area (Å²) >= 11 is 0. The number of benzene rings is 1. The van der Waals surface area contributed by atoms with Crippen molar-refractivity contribution in [3.8, 4) is 5.75 Å². The summed E-state index contributed by atoms with van der Waals surface area (Å²) in [5.74, 6) is 0.881. The number of aryl methyl sites for hydroxylation is 1. The number of nitrogens with one attached hydrogen (secondary N) is 1. The fourth-order valence-electron chi connectivity index (χ4n) is 2.97. The number of fused-ring (bicyclic) bond motifs is 1. The van der Waals surface area contributed by atoms with Crippen LogP contribution in [0, 0.1) is 5.92 Å². The highest BCUT2D eigenvalue weighted by Crippen LogP contribution is 2.37. The first-order chi connectivity index (χ1) is 10.7. The Morgan fingerprint density at radius 1 is 1.36 bits per heavy atom. The molecule has 1 aliphatic rings. The zero-order valence-corrected chi connectivity index (χ0v) is 12.8. The first-order valence-corrected chi connectivity index (χ1v) is 7.92. The van der Waals surface area contributed by atoms with Crippen molar-refractivity contribution in [3.05, 3.63) is 34.2 Å². The minimum Gasteiger partial charge on any atom is -0.508 e. The Hall–Kier alpha value is -1.88. The van der Waals surface area contributed by atoms with Gasteiger partial charge in [-0.25, -0.2) is 4.98 Å². The molecule has 3 rings (SSSR count). The van der Waals surface area contributed by atoms with E-state index in [9.17, 15) is 9.90 Å². The van der Waals surface area contributed by atoms with Crippen molar-refractivity contribution in [1.82, 2.24) is 9.97 Å². The van der Waals surface area contributed by atoms with Crippen LogP contribution >= 0.6 is 0 Å². The second-order valence-electron chi connectivity index (χ2n) is 6.08. The number of hydrogen-bond acceptors (Lipinski definition) is 4. The van der Waals surface area contributed by atoms with Crippen LogP contribution in [-0.4, -0.2) is 28.3 Å². The van der Waals surface area contributed by atoms with Crippen LogP contribution in [0.3, 0.4) is 0 Å². The number of aromatic nitrogens is 2. The van der Waals surface area contributed by atoms with E-state index in [0.29, 0.717) is 29.3 Å². The molecule has 2 atom stereocenters. The second kappa shape index (κ2) is 6.48. The number of ether oxygens (including phenoxy) is 1. The Morgan fingerprint density at radius 2 is 2.23 bits per heavy atom. The van der Waals surface area contributed by atoms with Gasteiger partial charge in [0, 0.05) is 13.2 Å². The number of phenolic OH excluding ortho intramolecular Hbond substituents is 1. The molecule has 0 spiro atoms. The van der Waals surface area contributed by atoms with Crippen molar-refractivity contribution < 1.29 is 9.84 Å². The van der Waals surface area contributed by atoms with Gasteiger partial charge < -0.3 is 14.8 Å². The Morgan fingerprint density at radius 3 is 3.00 bits per heavy atom. The van der Waals surface area contributed by atoms with Gasteiger partial charge in [-0.3, -0.25) is 4.79 Å². The summed E-state index contributed by atoms with van der Waals surface area (Å²) < 4.78 is 5.29. The van der Waals surface area contributed by atoms with E-state index in [4.69, 9.17) is 4.74 Å². The zero-order valence-electron chi connectivity index (χ0n) is 12.8. The third-order valence-electron chi connectivity index (χ3n) is 4.39. The van der Waals surface area contributed by atoms with Crippen LogP contribution in [0.2, 0.25) is 0 Å². The maximum atomic E-state index is 12.0. The Balaban J connectivity index is 1.52. The molecular weight excluding hydrogens is 280 g/mol. The first-order valence-electron chi connectivity index (χ1n) is 7.92. The fourth-order valence-corrected chi connectivity index (χ4v) is 2.97. The SMILES string of the molecule is CO[C@@H]1C[C@H]1CCCCCc1nc2ccc(O)cc2[nH]c1=O. The number of rotatable bonds is 7. The van der Waals surface area contributed by atoms with E-state index in [-0.39, 0.29) is 11.3 Å². The minimum atomic E-state index is -0.153. The summed E-state index contributed by atoms with van der Waals surface area (Å²) in [6.07, 6.45) is 6.88. The highest BCUT2D eigenvalue weighted by atomic mass is 16.5. The number of aromatic hydroxyl groups is 1. The van der Waals surface area contributed by atoms with Crippen LogP contribution in [0.4, 0.5) is 0 Å². The van der Waals surface area contributed by atoms with Crippen molar-refractivity contribution in [1.29, 1.82) is 0 Å². The van der Waals surface area contributed by atoms with Gasteiger partial charge in [-0.15, -0.1) is 0 Å². The summed E-state index contributed by atoms with van der Waals surface area (Å²) in [6.45, 7) is 0. The molecule has 5 heteroatoms. The zero-order chi connectivity index (χ0) is 15.5. The summed E-state index contributed by atoms with van der Waals surface area (Å²) in [6, 6.07) is 4.83. The molecule has 0 saturated heterocycles. The molecule has 1 heterocycles. The standard InChI is InChI=1S/C17H22N2O3/c1-22-16-9-11(16)5-3-2-4-6-14-17(21)19-15-10-12(20)7-8-13(15)18-14/h7-8,10-11,16,20H,2-6,9H2,1H3,(H,19,21)/t11-,16-/m1/s1. The van der Waals surface area contributed by atoms with Gasteiger partial charge in [0.15, 0.2) is 0 Å². The highest BCUT2D eigenvalue weighted by molar-refractivity contribution is 5.75.